The van der Waals surface area contributed by atoms with Gasteiger partial charge in [0.05, 0.1) is 5.56 Å². The van der Waals surface area contributed by atoms with Gasteiger partial charge in [-0.25, -0.2) is 4.98 Å². The summed E-state index contributed by atoms with van der Waals surface area (Å²) in [5.74, 6) is -0.531. The molecule has 0 amide bonds. The molecule has 1 fully saturated rings. The van der Waals surface area contributed by atoms with E-state index in [2.05, 4.69) is 9.97 Å². The third kappa shape index (κ3) is 2.54. The van der Waals surface area contributed by atoms with Crippen molar-refractivity contribution in [2.24, 2.45) is 0 Å². The lowest BCUT2D eigenvalue weighted by atomic mass is 10.1. The first-order valence-electron chi connectivity index (χ1n) is 6.71. The number of fused-ring (bicyclic) bond motifs is 3. The Bertz CT molecular complexity index is 622. The third-order valence-corrected chi connectivity index (χ3v) is 3.42. The number of esters is 2. The van der Waals surface area contributed by atoms with Gasteiger partial charge in [-0.1, -0.05) is 0 Å². The minimum atomic E-state index is -0.711. The second-order valence-electron chi connectivity index (χ2n) is 5.04. The van der Waals surface area contributed by atoms with Crippen LogP contribution < -0.4 is 10.5 Å². The van der Waals surface area contributed by atoms with Gasteiger partial charge in [0, 0.05) is 20.0 Å². The Hall–Kier alpha value is -2.42. The second kappa shape index (κ2) is 5.41. The van der Waals surface area contributed by atoms with Gasteiger partial charge in [0.25, 0.3) is 0 Å². The zero-order valence-electron chi connectivity index (χ0n) is 12.0. The molecule has 1 aromatic rings. The van der Waals surface area contributed by atoms with Gasteiger partial charge >= 0.3 is 11.9 Å². The van der Waals surface area contributed by atoms with Gasteiger partial charge < -0.3 is 24.7 Å². The number of hydrogen-bond acceptors (Lipinski definition) is 9. The lowest BCUT2D eigenvalue weighted by molar-refractivity contribution is -0.157. The highest BCUT2D eigenvalue weighted by Gasteiger charge is 2.54. The summed E-state index contributed by atoms with van der Waals surface area (Å²) in [6.07, 6.45) is -0.886. The minimum Gasteiger partial charge on any atom is -0.467 e. The average Bonchev–Trinajstić information content (AvgIpc) is 2.92. The van der Waals surface area contributed by atoms with Crippen molar-refractivity contribution >= 4 is 17.9 Å². The second-order valence-corrected chi connectivity index (χ2v) is 5.04. The molecule has 9 heteroatoms. The summed E-state index contributed by atoms with van der Waals surface area (Å²) >= 11 is 0. The van der Waals surface area contributed by atoms with E-state index in [0.29, 0.717) is 11.4 Å². The normalized spacial score (nSPS) is 28.5. The zero-order chi connectivity index (χ0) is 15.9. The molecule has 4 atom stereocenters. The highest BCUT2D eigenvalue weighted by Crippen LogP contribution is 2.45. The number of carbonyl (C=O) groups is 2. The molecule has 3 heterocycles. The largest absolute Gasteiger partial charge is 0.467 e. The maximum Gasteiger partial charge on any atom is 0.303 e. The Morgan fingerprint density at radius 3 is 2.82 bits per heavy atom. The molecule has 0 bridgehead atoms. The van der Waals surface area contributed by atoms with Crippen molar-refractivity contribution < 1.29 is 28.5 Å². The molecule has 22 heavy (non-hydrogen) atoms. The molecule has 118 valence electrons. The lowest BCUT2D eigenvalue weighted by Gasteiger charge is -2.21. The Labute approximate surface area is 125 Å². The quantitative estimate of drug-likeness (QED) is 0.753. The molecule has 2 aliphatic rings. The minimum absolute atomic E-state index is 0.0329. The van der Waals surface area contributed by atoms with E-state index >= 15 is 0 Å². The van der Waals surface area contributed by atoms with Gasteiger partial charge in [-0.2, -0.15) is 4.98 Å². The summed E-state index contributed by atoms with van der Waals surface area (Å²) in [6, 6.07) is 0. The summed E-state index contributed by atoms with van der Waals surface area (Å²) in [7, 11) is 0. The maximum atomic E-state index is 11.3. The van der Waals surface area contributed by atoms with Crippen molar-refractivity contribution in [3.05, 3.63) is 11.8 Å². The number of nitrogen functional groups attached to an aromatic ring is 1. The van der Waals surface area contributed by atoms with Crippen LogP contribution in [0.1, 0.15) is 25.5 Å². The Kier molecular flexibility index (Phi) is 3.57. The number of nitrogens with zero attached hydrogens (tertiary/aromatic N) is 2. The van der Waals surface area contributed by atoms with E-state index < -0.39 is 36.4 Å². The molecule has 9 nitrogen and oxygen atoms in total. The van der Waals surface area contributed by atoms with Gasteiger partial charge in [-0.15, -0.1) is 0 Å². The van der Waals surface area contributed by atoms with Crippen molar-refractivity contribution in [1.82, 2.24) is 9.97 Å². The predicted molar refractivity (Wildman–Crippen MR) is 70.7 cm³/mol. The number of anilines is 1. The van der Waals surface area contributed by atoms with Crippen LogP contribution in [0.4, 0.5) is 5.95 Å². The average molecular weight is 309 g/mol. The molecule has 0 radical (unpaired) electrons. The van der Waals surface area contributed by atoms with Gasteiger partial charge in [-0.3, -0.25) is 9.59 Å². The molecule has 3 rings (SSSR count). The van der Waals surface area contributed by atoms with Crippen LogP contribution in [-0.4, -0.2) is 46.8 Å². The number of rotatable bonds is 3. The fraction of sp³-hybridized carbons (Fsp3) is 0.538. The highest BCUT2D eigenvalue weighted by molar-refractivity contribution is 5.67. The first kappa shape index (κ1) is 14.5. The van der Waals surface area contributed by atoms with E-state index in [1.807, 2.05) is 0 Å². The smallest absolute Gasteiger partial charge is 0.303 e. The van der Waals surface area contributed by atoms with Crippen LogP contribution >= 0.6 is 0 Å². The monoisotopic (exact) mass is 309 g/mol. The topological polar surface area (TPSA) is 123 Å². The van der Waals surface area contributed by atoms with Crippen LogP contribution in [0.2, 0.25) is 0 Å². The summed E-state index contributed by atoms with van der Waals surface area (Å²) in [5.41, 5.74) is 6.15. The first-order valence-corrected chi connectivity index (χ1v) is 6.71. The van der Waals surface area contributed by atoms with Crippen LogP contribution in [0.25, 0.3) is 0 Å². The predicted octanol–water partition coefficient (Wildman–Crippen LogP) is -0.246. The van der Waals surface area contributed by atoms with Crippen molar-refractivity contribution in [3.63, 3.8) is 0 Å². The summed E-state index contributed by atoms with van der Waals surface area (Å²) in [5, 5.41) is 0. The van der Waals surface area contributed by atoms with Crippen molar-refractivity contribution in [1.29, 1.82) is 0 Å². The molecule has 2 N–H and O–H groups in total. The van der Waals surface area contributed by atoms with Gasteiger partial charge in [0.15, 0.2) is 12.2 Å². The van der Waals surface area contributed by atoms with E-state index in [1.165, 1.54) is 20.0 Å². The number of carbonyl (C=O) groups excluding carboxylic acids is 2. The Balaban J connectivity index is 1.83. The Morgan fingerprint density at radius 1 is 1.36 bits per heavy atom. The first-order chi connectivity index (χ1) is 10.5. The molecular formula is C13H15N3O6. The van der Waals surface area contributed by atoms with Crippen LogP contribution in [0.15, 0.2) is 6.20 Å². The number of nitrogens with two attached hydrogens (primary N) is 1. The SMILES string of the molecule is CC(=O)OC[C@H]1O[C@H]2c3cnc(N)nc3O[C@H]2[C@@H]1OC(C)=O. The van der Waals surface area contributed by atoms with E-state index in [9.17, 15) is 9.59 Å². The molecule has 1 aromatic heterocycles. The number of aromatic nitrogens is 2. The molecule has 1 saturated heterocycles. The number of ether oxygens (including phenoxy) is 4. The fourth-order valence-electron chi connectivity index (χ4n) is 2.58. The van der Waals surface area contributed by atoms with E-state index in [4.69, 9.17) is 24.7 Å². The third-order valence-electron chi connectivity index (χ3n) is 3.42. The Morgan fingerprint density at radius 2 is 2.14 bits per heavy atom. The number of hydrogen-bond donors (Lipinski definition) is 1. The fourth-order valence-corrected chi connectivity index (χ4v) is 2.58. The molecule has 0 unspecified atom stereocenters. The van der Waals surface area contributed by atoms with Crippen LogP contribution in [-0.2, 0) is 23.8 Å². The van der Waals surface area contributed by atoms with Crippen molar-refractivity contribution in [2.45, 2.75) is 38.3 Å². The van der Waals surface area contributed by atoms with Crippen molar-refractivity contribution in [3.8, 4) is 5.88 Å². The van der Waals surface area contributed by atoms with E-state index in [1.54, 1.807) is 0 Å². The zero-order valence-corrected chi connectivity index (χ0v) is 12.0. The molecule has 2 aliphatic heterocycles. The van der Waals surface area contributed by atoms with Crippen molar-refractivity contribution in [2.75, 3.05) is 12.3 Å². The highest BCUT2D eigenvalue weighted by atomic mass is 16.6. The summed E-state index contributed by atoms with van der Waals surface area (Å²) in [6.45, 7) is 2.55. The van der Waals surface area contributed by atoms with Gasteiger partial charge in [0.2, 0.25) is 11.8 Å². The van der Waals surface area contributed by atoms with E-state index in [0.717, 1.165) is 0 Å². The molecular weight excluding hydrogens is 294 g/mol. The van der Waals surface area contributed by atoms with Gasteiger partial charge in [-0.05, 0) is 0 Å². The maximum absolute atomic E-state index is 11.3. The van der Waals surface area contributed by atoms with Crippen LogP contribution in [0, 0.1) is 0 Å². The summed E-state index contributed by atoms with van der Waals surface area (Å²) in [4.78, 5) is 30.2. The van der Waals surface area contributed by atoms with Gasteiger partial charge in [0.1, 0.15) is 18.8 Å². The van der Waals surface area contributed by atoms with Crippen LogP contribution in [0.5, 0.6) is 5.88 Å². The van der Waals surface area contributed by atoms with Crippen LogP contribution in [0.3, 0.4) is 0 Å². The molecule has 0 spiro atoms. The molecule has 0 aliphatic carbocycles. The standard InChI is InChI=1S/C13H15N3O6/c1-5(17)19-4-8-10(20-6(2)18)11-9(21-8)7-3-15-13(14)16-12(7)22-11/h3,8-11H,4H2,1-2H3,(H2,14,15,16)/t8-,9+,10-,11-/m1/s1. The molecule has 0 aromatic carbocycles. The molecule has 0 saturated carbocycles. The summed E-state index contributed by atoms with van der Waals surface area (Å²) < 4.78 is 21.7. The lowest BCUT2D eigenvalue weighted by Crippen LogP contribution is -2.39. The van der Waals surface area contributed by atoms with E-state index in [-0.39, 0.29) is 12.6 Å².